The van der Waals surface area contributed by atoms with Crippen LogP contribution in [-0.4, -0.2) is 36.2 Å². The number of hydrogen-bond donors (Lipinski definition) is 4. The number of rotatable bonds is 0. The molecule has 0 bridgehead atoms. The summed E-state index contributed by atoms with van der Waals surface area (Å²) in [4.78, 5) is 22.9. The quantitative estimate of drug-likeness (QED) is 0.457. The first-order valence-electron chi connectivity index (χ1n) is 9.91. The fraction of sp³-hybridized carbons (Fsp3) is 0.364. The van der Waals surface area contributed by atoms with E-state index in [0.717, 1.165) is 28.8 Å². The van der Waals surface area contributed by atoms with Gasteiger partial charge in [0.15, 0.2) is 0 Å². The van der Waals surface area contributed by atoms with E-state index < -0.39 is 11.6 Å². The molecule has 0 saturated carbocycles. The fourth-order valence-electron chi connectivity index (χ4n) is 4.98. The third kappa shape index (κ3) is 3.37. The van der Waals surface area contributed by atoms with Gasteiger partial charge in [-0.1, -0.05) is 46.3 Å². The molecule has 2 fully saturated rings. The minimum absolute atomic E-state index is 0.218. The maximum Gasteiger partial charge on any atom is 0.322 e. The summed E-state index contributed by atoms with van der Waals surface area (Å²) in [6.45, 7) is 2.08. The predicted octanol–water partition coefficient (Wildman–Crippen LogP) is 1.80. The van der Waals surface area contributed by atoms with E-state index >= 15 is 0 Å². The molecule has 2 spiro atoms. The highest BCUT2D eigenvalue weighted by Gasteiger charge is 2.49. The van der Waals surface area contributed by atoms with Gasteiger partial charge in [0.1, 0.15) is 5.54 Å². The van der Waals surface area contributed by atoms with Gasteiger partial charge in [-0.2, -0.15) is 0 Å². The second kappa shape index (κ2) is 6.93. The molecule has 29 heavy (non-hydrogen) atoms. The number of carbonyl (C=O) groups is 2. The van der Waals surface area contributed by atoms with Gasteiger partial charge in [0.25, 0.3) is 5.91 Å². The molecule has 1 atom stereocenters. The Kier molecular flexibility index (Phi) is 4.49. The molecule has 2 aromatic rings. The van der Waals surface area contributed by atoms with E-state index in [1.807, 2.05) is 18.2 Å². The molecule has 7 heteroatoms. The van der Waals surface area contributed by atoms with Crippen LogP contribution in [0.15, 0.2) is 46.9 Å². The minimum Gasteiger partial charge on any atom is -0.323 e. The van der Waals surface area contributed by atoms with Crippen molar-refractivity contribution >= 4 is 27.9 Å². The summed E-state index contributed by atoms with van der Waals surface area (Å²) in [5.41, 5.74) is 4.88. The molecule has 6 nitrogen and oxygen atoms in total. The molecule has 3 amide bonds. The van der Waals surface area contributed by atoms with E-state index in [1.54, 1.807) is 0 Å². The lowest BCUT2D eigenvalue weighted by molar-refractivity contribution is -0.123. The zero-order chi connectivity index (χ0) is 20.1. The summed E-state index contributed by atoms with van der Waals surface area (Å²) in [5, 5.41) is 12.0. The van der Waals surface area contributed by atoms with Crippen LogP contribution < -0.4 is 21.3 Å². The van der Waals surface area contributed by atoms with Crippen molar-refractivity contribution in [2.75, 3.05) is 13.2 Å². The average Bonchev–Trinajstić information content (AvgIpc) is 3.43. The van der Waals surface area contributed by atoms with E-state index in [4.69, 9.17) is 0 Å². The number of halogens is 1. The maximum absolute atomic E-state index is 11.8. The Balaban J connectivity index is 0.000000128. The molecule has 2 aliphatic carbocycles. The smallest absolute Gasteiger partial charge is 0.322 e. The SMILES string of the molecule is O=C1NC(=O)C2(Cc3ccc(Br)cc3C2)N1.c1ccc2c(c1)CC1(CNCN1)C2. The lowest BCUT2D eigenvalue weighted by Gasteiger charge is -2.21. The van der Waals surface area contributed by atoms with Crippen LogP contribution in [0.3, 0.4) is 0 Å². The van der Waals surface area contributed by atoms with Crippen molar-refractivity contribution in [3.05, 3.63) is 69.2 Å². The molecule has 2 aromatic carbocycles. The van der Waals surface area contributed by atoms with Gasteiger partial charge in [0.2, 0.25) is 0 Å². The van der Waals surface area contributed by atoms with Crippen LogP contribution in [0.25, 0.3) is 0 Å². The van der Waals surface area contributed by atoms with Gasteiger partial charge in [-0.15, -0.1) is 0 Å². The van der Waals surface area contributed by atoms with Crippen molar-refractivity contribution < 1.29 is 9.59 Å². The number of imide groups is 1. The number of fused-ring (bicyclic) bond motifs is 2. The van der Waals surface area contributed by atoms with Gasteiger partial charge in [-0.25, -0.2) is 4.79 Å². The summed E-state index contributed by atoms with van der Waals surface area (Å²) in [6, 6.07) is 14.3. The average molecular weight is 455 g/mol. The van der Waals surface area contributed by atoms with Crippen molar-refractivity contribution in [1.29, 1.82) is 0 Å². The van der Waals surface area contributed by atoms with E-state index in [9.17, 15) is 9.59 Å². The first-order valence-corrected chi connectivity index (χ1v) is 10.7. The summed E-state index contributed by atoms with van der Waals surface area (Å²) in [6.07, 6.45) is 3.53. The number of amides is 3. The van der Waals surface area contributed by atoms with E-state index in [0.29, 0.717) is 18.4 Å². The Hall–Kier alpha value is -2.22. The number of benzene rings is 2. The molecule has 2 heterocycles. The van der Waals surface area contributed by atoms with Crippen LogP contribution in [-0.2, 0) is 30.5 Å². The molecule has 2 aliphatic heterocycles. The Bertz CT molecular complexity index is 975. The van der Waals surface area contributed by atoms with Crippen LogP contribution in [0.5, 0.6) is 0 Å². The minimum atomic E-state index is -0.750. The van der Waals surface area contributed by atoms with Gasteiger partial charge < -0.3 is 10.6 Å². The lowest BCUT2D eigenvalue weighted by atomic mass is 9.96. The summed E-state index contributed by atoms with van der Waals surface area (Å²) in [7, 11) is 0. The standard InChI is InChI=1S/C11H9BrN2O2.C11H14N2/c12-8-2-1-6-4-11(5-7(6)3-8)9(15)13-10(16)14-11;1-2-4-10-6-11(5-9(10)3-1)7-12-8-13-11/h1-3H,4-5H2,(H2,13,14,15,16);1-4,12-13H,5-8H2. The predicted molar refractivity (Wildman–Crippen MR) is 114 cm³/mol. The number of carbonyl (C=O) groups excluding carboxylic acids is 2. The maximum atomic E-state index is 11.8. The molecule has 0 radical (unpaired) electrons. The zero-order valence-corrected chi connectivity index (χ0v) is 17.6. The van der Waals surface area contributed by atoms with Crippen molar-refractivity contribution in [2.45, 2.75) is 36.8 Å². The second-order valence-corrected chi connectivity index (χ2v) is 9.36. The number of nitrogens with one attached hydrogen (secondary N) is 4. The molecular formula is C22H23BrN4O2. The molecule has 4 aliphatic rings. The summed E-state index contributed by atoms with van der Waals surface area (Å²) >= 11 is 3.40. The van der Waals surface area contributed by atoms with Gasteiger partial charge in [-0.05, 0) is 47.2 Å². The molecule has 4 N–H and O–H groups in total. The Morgan fingerprint density at radius 1 is 0.862 bits per heavy atom. The van der Waals surface area contributed by atoms with Gasteiger partial charge >= 0.3 is 6.03 Å². The van der Waals surface area contributed by atoms with Crippen LogP contribution in [0.2, 0.25) is 0 Å². The van der Waals surface area contributed by atoms with Gasteiger partial charge in [0, 0.05) is 36.1 Å². The van der Waals surface area contributed by atoms with Crippen LogP contribution >= 0.6 is 15.9 Å². The second-order valence-electron chi connectivity index (χ2n) is 8.44. The Morgan fingerprint density at radius 2 is 1.55 bits per heavy atom. The summed E-state index contributed by atoms with van der Waals surface area (Å²) < 4.78 is 0.994. The van der Waals surface area contributed by atoms with Crippen molar-refractivity contribution in [1.82, 2.24) is 21.3 Å². The Labute approximate surface area is 178 Å². The third-order valence-electron chi connectivity index (χ3n) is 6.40. The molecule has 0 aromatic heterocycles. The van der Waals surface area contributed by atoms with Gasteiger partial charge in [0.05, 0.1) is 0 Å². The van der Waals surface area contributed by atoms with Crippen LogP contribution in [0.4, 0.5) is 4.79 Å². The zero-order valence-electron chi connectivity index (χ0n) is 16.0. The van der Waals surface area contributed by atoms with Crippen LogP contribution in [0.1, 0.15) is 22.3 Å². The first kappa shape index (κ1) is 18.8. The monoisotopic (exact) mass is 454 g/mol. The normalized spacial score (nSPS) is 25.4. The van der Waals surface area contributed by atoms with Crippen molar-refractivity contribution in [2.24, 2.45) is 0 Å². The van der Waals surface area contributed by atoms with E-state index in [2.05, 4.69) is 61.5 Å². The highest BCUT2D eigenvalue weighted by molar-refractivity contribution is 9.10. The van der Waals surface area contributed by atoms with Crippen LogP contribution in [0, 0.1) is 0 Å². The molecule has 150 valence electrons. The van der Waals surface area contributed by atoms with E-state index in [-0.39, 0.29) is 5.91 Å². The highest BCUT2D eigenvalue weighted by Crippen LogP contribution is 2.34. The third-order valence-corrected chi connectivity index (χ3v) is 6.89. The molecule has 2 saturated heterocycles. The lowest BCUT2D eigenvalue weighted by Crippen LogP contribution is -2.47. The summed E-state index contributed by atoms with van der Waals surface area (Å²) in [5.74, 6) is -0.218. The first-order chi connectivity index (χ1) is 14.0. The molecule has 1 unspecified atom stereocenters. The van der Waals surface area contributed by atoms with Gasteiger partial charge in [-0.3, -0.25) is 15.4 Å². The van der Waals surface area contributed by atoms with E-state index in [1.165, 1.54) is 24.0 Å². The number of urea groups is 1. The Morgan fingerprint density at radius 3 is 2.17 bits per heavy atom. The topological polar surface area (TPSA) is 82.3 Å². The number of hydrogen-bond acceptors (Lipinski definition) is 4. The largest absolute Gasteiger partial charge is 0.323 e. The van der Waals surface area contributed by atoms with Crippen molar-refractivity contribution in [3.63, 3.8) is 0 Å². The molecule has 6 rings (SSSR count). The molecular weight excluding hydrogens is 432 g/mol. The highest BCUT2D eigenvalue weighted by atomic mass is 79.9. The fourth-order valence-corrected chi connectivity index (χ4v) is 5.39. The van der Waals surface area contributed by atoms with Crippen molar-refractivity contribution in [3.8, 4) is 0 Å².